The van der Waals surface area contributed by atoms with E-state index in [-0.39, 0.29) is 5.56 Å². The first-order chi connectivity index (χ1) is 8.68. The van der Waals surface area contributed by atoms with Gasteiger partial charge in [0.1, 0.15) is 0 Å². The van der Waals surface area contributed by atoms with Crippen LogP contribution in [0, 0.1) is 0 Å². The molecule has 5 heteroatoms. The van der Waals surface area contributed by atoms with Crippen molar-refractivity contribution in [3.8, 4) is 0 Å². The molecule has 0 aliphatic rings. The molecule has 1 aromatic heterocycles. The van der Waals surface area contributed by atoms with Gasteiger partial charge in [-0.15, -0.1) is 0 Å². The number of benzene rings is 1. The average molecular weight is 244 g/mol. The van der Waals surface area contributed by atoms with E-state index in [0.29, 0.717) is 5.56 Å². The molecule has 5 nitrogen and oxygen atoms in total. The minimum atomic E-state index is -1.04. The smallest absolute Gasteiger partial charge is 0.332 e. The zero-order chi connectivity index (χ0) is 13.0. The Hall–Kier alpha value is -2.56. The summed E-state index contributed by atoms with van der Waals surface area (Å²) in [5.41, 5.74) is 2.95. The second-order valence-corrected chi connectivity index (χ2v) is 3.72. The normalized spacial score (nSPS) is 11.8. The number of nitrogens with zero attached hydrogens (tertiary/aromatic N) is 1. The predicted molar refractivity (Wildman–Crippen MR) is 66.9 cm³/mol. The minimum absolute atomic E-state index is 0.306. The van der Waals surface area contributed by atoms with E-state index in [1.54, 1.807) is 42.5 Å². The van der Waals surface area contributed by atoms with E-state index < -0.39 is 12.0 Å². The first kappa shape index (κ1) is 11.9. The van der Waals surface area contributed by atoms with Crippen LogP contribution in [0.5, 0.6) is 0 Å². The van der Waals surface area contributed by atoms with Crippen molar-refractivity contribution in [2.45, 2.75) is 6.04 Å². The molecule has 1 unspecified atom stereocenters. The Morgan fingerprint density at radius 1 is 1.11 bits per heavy atom. The van der Waals surface area contributed by atoms with Gasteiger partial charge >= 0.3 is 5.97 Å². The minimum Gasteiger partial charge on any atom is -0.479 e. The number of aromatic nitrogens is 1. The molecule has 2 aromatic rings. The molecular weight excluding hydrogens is 232 g/mol. The Kier molecular flexibility index (Phi) is 3.43. The van der Waals surface area contributed by atoms with Crippen LogP contribution in [0.2, 0.25) is 0 Å². The van der Waals surface area contributed by atoms with Crippen molar-refractivity contribution in [1.82, 2.24) is 4.68 Å². The Morgan fingerprint density at radius 2 is 1.78 bits per heavy atom. The fraction of sp³-hybridized carbons (Fsp3) is 0.0769. The highest BCUT2D eigenvalue weighted by Gasteiger charge is 2.19. The second kappa shape index (κ2) is 5.18. The molecular formula is C13H12N2O3. The lowest BCUT2D eigenvalue weighted by Crippen LogP contribution is -2.34. The Balaban J connectivity index is 2.31. The highest BCUT2D eigenvalue weighted by Crippen LogP contribution is 2.13. The van der Waals surface area contributed by atoms with Crippen molar-refractivity contribution in [1.29, 1.82) is 0 Å². The van der Waals surface area contributed by atoms with E-state index in [2.05, 4.69) is 5.43 Å². The van der Waals surface area contributed by atoms with Gasteiger partial charge < -0.3 is 10.5 Å². The number of aliphatic carboxylic acids is 1. The van der Waals surface area contributed by atoms with Crippen LogP contribution in [0.1, 0.15) is 11.6 Å². The van der Waals surface area contributed by atoms with E-state index in [1.807, 2.05) is 0 Å². The number of hydrogen-bond acceptors (Lipinski definition) is 3. The molecule has 0 radical (unpaired) electrons. The number of rotatable bonds is 4. The number of nitrogens with one attached hydrogen (secondary N) is 1. The third-order valence-corrected chi connectivity index (χ3v) is 2.47. The van der Waals surface area contributed by atoms with Crippen LogP contribution in [0.4, 0.5) is 0 Å². The molecule has 1 atom stereocenters. The van der Waals surface area contributed by atoms with E-state index in [1.165, 1.54) is 12.3 Å². The van der Waals surface area contributed by atoms with E-state index >= 15 is 0 Å². The zero-order valence-electron chi connectivity index (χ0n) is 9.48. The van der Waals surface area contributed by atoms with Crippen molar-refractivity contribution in [3.63, 3.8) is 0 Å². The fourth-order valence-corrected chi connectivity index (χ4v) is 1.59. The summed E-state index contributed by atoms with van der Waals surface area (Å²) in [5, 5.41) is 9.20. The predicted octanol–water partition coefficient (Wildman–Crippen LogP) is 1.22. The third-order valence-electron chi connectivity index (χ3n) is 2.47. The number of carbonyl (C=O) groups is 1. The summed E-state index contributed by atoms with van der Waals surface area (Å²) >= 11 is 0. The average Bonchev–Trinajstić information content (AvgIpc) is 2.38. The largest absolute Gasteiger partial charge is 0.479 e. The Labute approximate surface area is 103 Å². The Bertz CT molecular complexity index is 592. The van der Waals surface area contributed by atoms with E-state index in [0.717, 1.165) is 4.68 Å². The van der Waals surface area contributed by atoms with Gasteiger partial charge in [-0.3, -0.25) is 4.79 Å². The molecule has 0 fully saturated rings. The Morgan fingerprint density at radius 3 is 2.39 bits per heavy atom. The third kappa shape index (κ3) is 2.57. The first-order valence-electron chi connectivity index (χ1n) is 5.40. The van der Waals surface area contributed by atoms with Gasteiger partial charge in [0.05, 0.1) is 0 Å². The number of carboxylic acids is 1. The highest BCUT2D eigenvalue weighted by molar-refractivity contribution is 5.77. The lowest BCUT2D eigenvalue weighted by atomic mass is 10.1. The topological polar surface area (TPSA) is 71.3 Å². The molecule has 1 heterocycles. The van der Waals surface area contributed by atoms with Crippen LogP contribution in [-0.2, 0) is 4.79 Å². The van der Waals surface area contributed by atoms with Gasteiger partial charge in [-0.25, -0.2) is 9.47 Å². The monoisotopic (exact) mass is 244 g/mol. The molecule has 0 saturated heterocycles. The van der Waals surface area contributed by atoms with Crippen LogP contribution in [0.15, 0.2) is 59.5 Å². The van der Waals surface area contributed by atoms with Crippen molar-refractivity contribution in [2.75, 3.05) is 5.43 Å². The maximum atomic E-state index is 11.5. The van der Waals surface area contributed by atoms with Crippen molar-refractivity contribution in [3.05, 3.63) is 70.6 Å². The summed E-state index contributed by atoms with van der Waals surface area (Å²) in [7, 11) is 0. The van der Waals surface area contributed by atoms with Crippen molar-refractivity contribution in [2.24, 2.45) is 0 Å². The lowest BCUT2D eigenvalue weighted by Gasteiger charge is -2.17. The van der Waals surface area contributed by atoms with E-state index in [9.17, 15) is 14.7 Å². The zero-order valence-corrected chi connectivity index (χ0v) is 9.48. The van der Waals surface area contributed by atoms with Gasteiger partial charge in [0.25, 0.3) is 5.56 Å². The summed E-state index contributed by atoms with van der Waals surface area (Å²) in [4.78, 5) is 22.8. The van der Waals surface area contributed by atoms with Crippen LogP contribution in [0.25, 0.3) is 0 Å². The van der Waals surface area contributed by atoms with Crippen LogP contribution in [0.3, 0.4) is 0 Å². The molecule has 2 N–H and O–H groups in total. The number of hydrogen-bond donors (Lipinski definition) is 2. The molecule has 1 aromatic carbocycles. The molecule has 0 bridgehead atoms. The quantitative estimate of drug-likeness (QED) is 0.848. The van der Waals surface area contributed by atoms with Gasteiger partial charge in [-0.05, 0) is 11.6 Å². The lowest BCUT2D eigenvalue weighted by molar-refractivity contribution is -0.138. The number of pyridine rings is 1. The van der Waals surface area contributed by atoms with Crippen molar-refractivity contribution >= 4 is 5.97 Å². The maximum Gasteiger partial charge on any atom is 0.332 e. The molecule has 2 rings (SSSR count). The molecule has 0 saturated carbocycles. The number of carboxylic acid groups (broad SMARTS) is 1. The first-order valence-corrected chi connectivity index (χ1v) is 5.40. The molecule has 0 amide bonds. The van der Waals surface area contributed by atoms with Crippen molar-refractivity contribution < 1.29 is 9.90 Å². The van der Waals surface area contributed by atoms with Gasteiger partial charge in [-0.2, -0.15) is 0 Å². The molecule has 0 aliphatic carbocycles. The summed E-state index contributed by atoms with van der Waals surface area (Å²) in [6, 6.07) is 12.3. The fourth-order valence-electron chi connectivity index (χ4n) is 1.59. The second-order valence-electron chi connectivity index (χ2n) is 3.72. The van der Waals surface area contributed by atoms with Crippen LogP contribution >= 0.6 is 0 Å². The summed E-state index contributed by atoms with van der Waals surface area (Å²) in [6.45, 7) is 0. The highest BCUT2D eigenvalue weighted by atomic mass is 16.4. The van der Waals surface area contributed by atoms with Gasteiger partial charge in [0.2, 0.25) is 0 Å². The summed E-state index contributed by atoms with van der Waals surface area (Å²) in [5.74, 6) is -1.04. The van der Waals surface area contributed by atoms with Gasteiger partial charge in [-0.1, -0.05) is 36.4 Å². The standard InChI is InChI=1S/C13H12N2O3/c16-11-8-4-5-9-15(11)14-12(13(17)18)10-6-2-1-3-7-10/h1-9,12,14H,(H,17,18). The summed E-state index contributed by atoms with van der Waals surface area (Å²) in [6.07, 6.45) is 1.49. The maximum absolute atomic E-state index is 11.5. The van der Waals surface area contributed by atoms with Gasteiger partial charge in [0.15, 0.2) is 6.04 Å². The molecule has 0 aliphatic heterocycles. The molecule has 18 heavy (non-hydrogen) atoms. The van der Waals surface area contributed by atoms with Gasteiger partial charge in [0, 0.05) is 12.3 Å². The SMILES string of the molecule is O=C(O)C(Nn1ccccc1=O)c1ccccc1. The van der Waals surface area contributed by atoms with Crippen LogP contribution < -0.4 is 11.0 Å². The molecule has 92 valence electrons. The summed E-state index contributed by atoms with van der Waals surface area (Å²) < 4.78 is 1.16. The molecule has 0 spiro atoms. The van der Waals surface area contributed by atoms with Crippen LogP contribution in [-0.4, -0.2) is 15.8 Å². The van der Waals surface area contributed by atoms with E-state index in [4.69, 9.17) is 0 Å².